The molecule has 33 heavy (non-hydrogen) atoms. The predicted molar refractivity (Wildman–Crippen MR) is 125 cm³/mol. The molecular weight excluding hydrogens is 447 g/mol. The lowest BCUT2D eigenvalue weighted by Gasteiger charge is -2.23. The van der Waals surface area contributed by atoms with Crippen LogP contribution in [0.15, 0.2) is 53.6 Å². The molecule has 7 nitrogen and oxygen atoms in total. The van der Waals surface area contributed by atoms with Crippen molar-refractivity contribution in [3.8, 4) is 11.3 Å². The summed E-state index contributed by atoms with van der Waals surface area (Å²) in [5.74, 6) is -0.0628. The Balaban J connectivity index is 1.62. The van der Waals surface area contributed by atoms with Gasteiger partial charge in [-0.1, -0.05) is 17.7 Å². The van der Waals surface area contributed by atoms with Crippen LogP contribution in [0, 0.1) is 5.82 Å². The predicted octanol–water partition coefficient (Wildman–Crippen LogP) is 4.05. The van der Waals surface area contributed by atoms with Crippen LogP contribution in [0.4, 0.5) is 10.3 Å². The van der Waals surface area contributed by atoms with Crippen molar-refractivity contribution in [3.63, 3.8) is 0 Å². The first kappa shape index (κ1) is 23.4. The Morgan fingerprint density at radius 3 is 2.76 bits per heavy atom. The quantitative estimate of drug-likeness (QED) is 0.539. The number of aliphatic hydroxyl groups is 1. The van der Waals surface area contributed by atoms with Gasteiger partial charge in [0.25, 0.3) is 5.56 Å². The Bertz CT molecular complexity index is 1160. The van der Waals surface area contributed by atoms with E-state index in [2.05, 4.69) is 15.3 Å². The molecule has 2 atom stereocenters. The molecule has 2 unspecified atom stereocenters. The van der Waals surface area contributed by atoms with Crippen LogP contribution in [0.1, 0.15) is 37.8 Å². The monoisotopic (exact) mass is 472 g/mol. The topological polar surface area (TPSA) is 89.3 Å². The molecule has 0 amide bonds. The summed E-state index contributed by atoms with van der Waals surface area (Å²) in [6.07, 6.45) is 4.63. The number of benzene rings is 1. The van der Waals surface area contributed by atoms with E-state index in [4.69, 9.17) is 16.3 Å². The second kappa shape index (κ2) is 10.4. The summed E-state index contributed by atoms with van der Waals surface area (Å²) < 4.78 is 20.9. The Morgan fingerprint density at radius 1 is 1.27 bits per heavy atom. The largest absolute Gasteiger partial charge is 0.393 e. The fourth-order valence-corrected chi connectivity index (χ4v) is 4.09. The van der Waals surface area contributed by atoms with Crippen molar-refractivity contribution in [1.82, 2.24) is 14.5 Å². The molecule has 0 bridgehead atoms. The fourth-order valence-electron chi connectivity index (χ4n) is 3.97. The first-order valence-electron chi connectivity index (χ1n) is 10.9. The molecule has 1 fully saturated rings. The van der Waals surface area contributed by atoms with Gasteiger partial charge in [-0.2, -0.15) is 0 Å². The van der Waals surface area contributed by atoms with Crippen LogP contribution in [0.2, 0.25) is 5.02 Å². The van der Waals surface area contributed by atoms with Crippen molar-refractivity contribution in [2.24, 2.45) is 0 Å². The first-order valence-corrected chi connectivity index (χ1v) is 11.3. The highest BCUT2D eigenvalue weighted by Gasteiger charge is 2.20. The third-order valence-electron chi connectivity index (χ3n) is 5.68. The van der Waals surface area contributed by atoms with Crippen molar-refractivity contribution >= 4 is 17.5 Å². The van der Waals surface area contributed by atoms with E-state index in [1.807, 2.05) is 0 Å². The van der Waals surface area contributed by atoms with Gasteiger partial charge in [-0.3, -0.25) is 4.79 Å². The van der Waals surface area contributed by atoms with Crippen molar-refractivity contribution in [2.75, 3.05) is 18.5 Å². The summed E-state index contributed by atoms with van der Waals surface area (Å²) in [6, 6.07) is 9.14. The molecule has 3 heterocycles. The van der Waals surface area contributed by atoms with E-state index < -0.39 is 18.0 Å². The summed E-state index contributed by atoms with van der Waals surface area (Å²) in [5.41, 5.74) is 1.53. The number of pyridine rings is 1. The molecule has 0 aliphatic carbocycles. The van der Waals surface area contributed by atoms with E-state index in [-0.39, 0.29) is 23.0 Å². The third kappa shape index (κ3) is 5.76. The number of nitrogens with one attached hydrogen (secondary N) is 1. The molecule has 1 aliphatic rings. The Morgan fingerprint density at radius 2 is 2.06 bits per heavy atom. The van der Waals surface area contributed by atoms with Gasteiger partial charge in [0, 0.05) is 43.3 Å². The Labute approximate surface area is 196 Å². The number of aliphatic hydroxyl groups excluding tert-OH is 1. The number of anilines is 1. The number of aromatic nitrogens is 3. The number of halogens is 2. The van der Waals surface area contributed by atoms with Crippen molar-refractivity contribution < 1.29 is 14.2 Å². The van der Waals surface area contributed by atoms with E-state index >= 15 is 0 Å². The van der Waals surface area contributed by atoms with Crippen LogP contribution in [0.3, 0.4) is 0 Å². The maximum atomic E-state index is 14.1. The number of ether oxygens (including phenoxy) is 1. The number of hydrogen-bond acceptors (Lipinski definition) is 6. The Kier molecular flexibility index (Phi) is 7.37. The number of nitrogens with zero attached hydrogens (tertiary/aromatic N) is 3. The number of rotatable bonds is 7. The average molecular weight is 473 g/mol. The van der Waals surface area contributed by atoms with Crippen LogP contribution in [0.5, 0.6) is 0 Å². The molecule has 1 aliphatic heterocycles. The molecule has 174 valence electrons. The van der Waals surface area contributed by atoms with Crippen LogP contribution in [-0.2, 0) is 4.74 Å². The molecule has 3 aromatic rings. The molecule has 0 saturated carbocycles. The molecule has 0 radical (unpaired) electrons. The van der Waals surface area contributed by atoms with E-state index in [0.717, 1.165) is 12.8 Å². The van der Waals surface area contributed by atoms with Gasteiger partial charge in [0.05, 0.1) is 22.9 Å². The average Bonchev–Trinajstić information content (AvgIpc) is 2.80. The lowest BCUT2D eigenvalue weighted by atomic mass is 10.00. The zero-order valence-electron chi connectivity index (χ0n) is 18.2. The van der Waals surface area contributed by atoms with Crippen molar-refractivity contribution in [2.45, 2.75) is 44.4 Å². The van der Waals surface area contributed by atoms with E-state index in [0.29, 0.717) is 36.0 Å². The first-order chi connectivity index (χ1) is 15.9. The van der Waals surface area contributed by atoms with E-state index in [9.17, 15) is 14.3 Å². The summed E-state index contributed by atoms with van der Waals surface area (Å²) in [7, 11) is 0. The summed E-state index contributed by atoms with van der Waals surface area (Å²) >= 11 is 5.81. The highest BCUT2D eigenvalue weighted by molar-refractivity contribution is 6.30. The second-order valence-corrected chi connectivity index (χ2v) is 8.64. The van der Waals surface area contributed by atoms with Gasteiger partial charge in [-0.25, -0.2) is 14.4 Å². The van der Waals surface area contributed by atoms with Gasteiger partial charge < -0.3 is 19.7 Å². The van der Waals surface area contributed by atoms with Crippen LogP contribution >= 0.6 is 11.6 Å². The molecule has 2 aromatic heterocycles. The van der Waals surface area contributed by atoms with Crippen molar-refractivity contribution in [1.29, 1.82) is 0 Å². The van der Waals surface area contributed by atoms with Crippen LogP contribution in [-0.4, -0.2) is 45.0 Å². The highest BCUT2D eigenvalue weighted by atomic mass is 35.5. The minimum absolute atomic E-state index is 0.00571. The maximum absolute atomic E-state index is 14.1. The van der Waals surface area contributed by atoms with E-state index in [1.165, 1.54) is 22.8 Å². The smallest absolute Gasteiger partial charge is 0.251 e. The van der Waals surface area contributed by atoms with Gasteiger partial charge in [0.15, 0.2) is 0 Å². The summed E-state index contributed by atoms with van der Waals surface area (Å²) in [6.45, 7) is 3.05. The second-order valence-electron chi connectivity index (χ2n) is 8.23. The molecule has 9 heteroatoms. The minimum atomic E-state index is -0.694. The summed E-state index contributed by atoms with van der Waals surface area (Å²) in [5, 5.41) is 13.3. The van der Waals surface area contributed by atoms with Gasteiger partial charge in [0.2, 0.25) is 5.95 Å². The zero-order valence-corrected chi connectivity index (χ0v) is 19.0. The Hall–Kier alpha value is -2.81. The minimum Gasteiger partial charge on any atom is -0.393 e. The molecule has 0 spiro atoms. The maximum Gasteiger partial charge on any atom is 0.251 e. The van der Waals surface area contributed by atoms with Gasteiger partial charge in [-0.15, -0.1) is 0 Å². The normalized spacial score (nSPS) is 16.4. The SMILES string of the molecule is CC(O)CC(c1ccc(Cl)c(F)c1)n1ccc(-c2ccnc(NC3CCOCC3)n2)cc1=O. The fraction of sp³-hybridized carbons (Fsp3) is 0.375. The van der Waals surface area contributed by atoms with Crippen LogP contribution < -0.4 is 10.9 Å². The molecule has 2 N–H and O–H groups in total. The third-order valence-corrected chi connectivity index (χ3v) is 5.99. The lowest BCUT2D eigenvalue weighted by Crippen LogP contribution is -2.28. The van der Waals surface area contributed by atoms with Gasteiger partial charge in [0.1, 0.15) is 5.82 Å². The summed E-state index contributed by atoms with van der Waals surface area (Å²) in [4.78, 5) is 21.9. The van der Waals surface area contributed by atoms with Gasteiger partial charge >= 0.3 is 0 Å². The van der Waals surface area contributed by atoms with Gasteiger partial charge in [-0.05, 0) is 56.0 Å². The lowest BCUT2D eigenvalue weighted by molar-refractivity contribution is 0.0903. The number of hydrogen-bond donors (Lipinski definition) is 2. The van der Waals surface area contributed by atoms with E-state index in [1.54, 1.807) is 37.5 Å². The van der Waals surface area contributed by atoms with Crippen molar-refractivity contribution in [3.05, 3.63) is 75.5 Å². The molecule has 4 rings (SSSR count). The van der Waals surface area contributed by atoms with Crippen LogP contribution in [0.25, 0.3) is 11.3 Å². The zero-order chi connectivity index (χ0) is 23.4. The molecule has 1 saturated heterocycles. The standard InChI is InChI=1S/C24H26ClFN4O3/c1-15(31)12-22(17-2-3-19(25)20(26)13-17)30-9-5-16(14-23(30)32)21-4-8-27-24(29-21)28-18-6-10-33-11-7-18/h2-5,8-9,13-15,18,22,31H,6-7,10-12H2,1H3,(H,27,28,29). The highest BCUT2D eigenvalue weighted by Crippen LogP contribution is 2.27. The molecular formula is C24H26ClFN4O3. The molecule has 1 aromatic carbocycles.